The van der Waals surface area contributed by atoms with Crippen molar-refractivity contribution < 1.29 is 4.42 Å². The summed E-state index contributed by atoms with van der Waals surface area (Å²) < 4.78 is 7.33. The Balaban J connectivity index is 1.78. The Morgan fingerprint density at radius 1 is 1.50 bits per heavy atom. The summed E-state index contributed by atoms with van der Waals surface area (Å²) in [4.78, 5) is 3.89. The van der Waals surface area contributed by atoms with Gasteiger partial charge in [-0.3, -0.25) is 4.68 Å². The second kappa shape index (κ2) is 4.94. The van der Waals surface area contributed by atoms with Crippen molar-refractivity contribution in [3.63, 3.8) is 0 Å². The molecule has 2 heterocycles. The third kappa shape index (κ3) is 2.70. The van der Waals surface area contributed by atoms with E-state index in [4.69, 9.17) is 4.42 Å². The van der Waals surface area contributed by atoms with E-state index in [-0.39, 0.29) is 6.04 Å². The Hall–Kier alpha value is -1.62. The van der Waals surface area contributed by atoms with Gasteiger partial charge >= 0.3 is 0 Å². The lowest BCUT2D eigenvalue weighted by molar-refractivity contribution is 0.407. The minimum atomic E-state index is 0.220. The maximum atomic E-state index is 5.54. The lowest BCUT2D eigenvalue weighted by atomic mass is 10.2. The minimum absolute atomic E-state index is 0.220. The minimum Gasteiger partial charge on any atom is -0.465 e. The fraction of sp³-hybridized carbons (Fsp3) is 0.455. The van der Waals surface area contributed by atoms with Gasteiger partial charge in [-0.25, -0.2) is 4.98 Å². The van der Waals surface area contributed by atoms with Crippen LogP contribution in [0.1, 0.15) is 24.5 Å². The molecule has 2 aromatic rings. The molecule has 0 aromatic carbocycles. The highest BCUT2D eigenvalue weighted by Crippen LogP contribution is 2.14. The lowest BCUT2D eigenvalue weighted by Crippen LogP contribution is -2.23. The molecule has 0 spiro atoms. The van der Waals surface area contributed by atoms with Gasteiger partial charge in [-0.1, -0.05) is 0 Å². The number of aromatic nitrogens is 3. The molecule has 2 rings (SSSR count). The van der Waals surface area contributed by atoms with Crippen molar-refractivity contribution >= 4 is 0 Å². The van der Waals surface area contributed by atoms with Gasteiger partial charge in [0.25, 0.3) is 0 Å². The fourth-order valence-corrected chi connectivity index (χ4v) is 1.53. The van der Waals surface area contributed by atoms with Gasteiger partial charge in [0, 0.05) is 6.54 Å². The first kappa shape index (κ1) is 10.9. The van der Waals surface area contributed by atoms with E-state index >= 15 is 0 Å². The molecule has 0 fully saturated rings. The number of hydrogen-bond acceptors (Lipinski definition) is 4. The molecule has 2 aromatic heterocycles. The van der Waals surface area contributed by atoms with Crippen LogP contribution in [0.15, 0.2) is 29.2 Å². The van der Waals surface area contributed by atoms with Crippen LogP contribution in [0.2, 0.25) is 0 Å². The average molecular weight is 220 g/mol. The summed E-state index contributed by atoms with van der Waals surface area (Å²) in [6.45, 7) is 5.68. The maximum Gasteiger partial charge on any atom is 0.137 e. The predicted octanol–water partition coefficient (Wildman–Crippen LogP) is 1.53. The Morgan fingerprint density at radius 3 is 3.00 bits per heavy atom. The van der Waals surface area contributed by atoms with Gasteiger partial charge < -0.3 is 9.73 Å². The van der Waals surface area contributed by atoms with E-state index in [2.05, 4.69) is 22.3 Å². The van der Waals surface area contributed by atoms with E-state index in [1.165, 1.54) is 0 Å². The van der Waals surface area contributed by atoms with Crippen molar-refractivity contribution in [3.05, 3.63) is 36.3 Å². The van der Waals surface area contributed by atoms with E-state index in [1.807, 2.05) is 19.1 Å². The predicted molar refractivity (Wildman–Crippen MR) is 59.9 cm³/mol. The third-order valence-electron chi connectivity index (χ3n) is 2.45. The molecule has 0 aliphatic carbocycles. The number of aryl methyl sites for hydroxylation is 1. The van der Waals surface area contributed by atoms with Crippen molar-refractivity contribution in [2.45, 2.75) is 26.4 Å². The standard InChI is InChI=1S/C11H16N4O/c1-9-3-4-11(16-9)10(2)13-5-6-15-8-12-7-14-15/h3-4,7-8,10,13H,5-6H2,1-2H3. The summed E-state index contributed by atoms with van der Waals surface area (Å²) in [7, 11) is 0. The molecule has 0 radical (unpaired) electrons. The highest BCUT2D eigenvalue weighted by molar-refractivity contribution is 5.08. The van der Waals surface area contributed by atoms with Gasteiger partial charge in [-0.2, -0.15) is 5.10 Å². The van der Waals surface area contributed by atoms with E-state index in [0.29, 0.717) is 0 Å². The van der Waals surface area contributed by atoms with Crippen LogP contribution >= 0.6 is 0 Å². The normalized spacial score (nSPS) is 12.9. The van der Waals surface area contributed by atoms with Crippen LogP contribution in [0.4, 0.5) is 0 Å². The first-order chi connectivity index (χ1) is 7.75. The van der Waals surface area contributed by atoms with Crippen molar-refractivity contribution in [2.24, 2.45) is 0 Å². The van der Waals surface area contributed by atoms with Crippen LogP contribution in [0, 0.1) is 6.92 Å². The molecule has 5 heteroatoms. The molecule has 0 saturated heterocycles. The maximum absolute atomic E-state index is 5.54. The van der Waals surface area contributed by atoms with Crippen molar-refractivity contribution in [3.8, 4) is 0 Å². The fourth-order valence-electron chi connectivity index (χ4n) is 1.53. The summed E-state index contributed by atoms with van der Waals surface area (Å²) in [6.07, 6.45) is 3.25. The van der Waals surface area contributed by atoms with Crippen molar-refractivity contribution in [1.29, 1.82) is 0 Å². The second-order valence-corrected chi connectivity index (χ2v) is 3.78. The van der Waals surface area contributed by atoms with Gasteiger partial charge in [0.2, 0.25) is 0 Å². The summed E-state index contributed by atoms with van der Waals surface area (Å²) in [5, 5.41) is 7.40. The zero-order valence-electron chi connectivity index (χ0n) is 9.55. The zero-order valence-corrected chi connectivity index (χ0v) is 9.55. The number of rotatable bonds is 5. The molecule has 0 amide bonds. The number of nitrogens with one attached hydrogen (secondary N) is 1. The number of furan rings is 1. The SMILES string of the molecule is Cc1ccc(C(C)NCCn2cncn2)o1. The van der Waals surface area contributed by atoms with Gasteiger partial charge in [-0.05, 0) is 26.0 Å². The highest BCUT2D eigenvalue weighted by Gasteiger charge is 2.07. The Labute approximate surface area is 94.5 Å². The largest absolute Gasteiger partial charge is 0.465 e. The molecule has 0 bridgehead atoms. The zero-order chi connectivity index (χ0) is 11.4. The summed E-state index contributed by atoms with van der Waals surface area (Å²) >= 11 is 0. The van der Waals surface area contributed by atoms with Crippen LogP contribution in [0.3, 0.4) is 0 Å². The molecule has 86 valence electrons. The van der Waals surface area contributed by atoms with Crippen LogP contribution in [0.25, 0.3) is 0 Å². The van der Waals surface area contributed by atoms with E-state index in [0.717, 1.165) is 24.6 Å². The molecule has 1 unspecified atom stereocenters. The van der Waals surface area contributed by atoms with E-state index in [9.17, 15) is 0 Å². The molecular weight excluding hydrogens is 204 g/mol. The Morgan fingerprint density at radius 2 is 2.38 bits per heavy atom. The van der Waals surface area contributed by atoms with Gasteiger partial charge in [-0.15, -0.1) is 0 Å². The van der Waals surface area contributed by atoms with Gasteiger partial charge in [0.05, 0.1) is 12.6 Å². The third-order valence-corrected chi connectivity index (χ3v) is 2.45. The van der Waals surface area contributed by atoms with E-state index < -0.39 is 0 Å². The Bertz CT molecular complexity index is 421. The quantitative estimate of drug-likeness (QED) is 0.830. The first-order valence-corrected chi connectivity index (χ1v) is 5.38. The smallest absolute Gasteiger partial charge is 0.137 e. The molecule has 0 aliphatic rings. The average Bonchev–Trinajstić information content (AvgIpc) is 2.89. The van der Waals surface area contributed by atoms with Crippen LogP contribution in [0.5, 0.6) is 0 Å². The molecule has 1 atom stereocenters. The molecule has 0 aliphatic heterocycles. The van der Waals surface area contributed by atoms with Crippen LogP contribution in [-0.2, 0) is 6.54 Å². The van der Waals surface area contributed by atoms with Crippen LogP contribution < -0.4 is 5.32 Å². The van der Waals surface area contributed by atoms with Gasteiger partial charge in [0.1, 0.15) is 24.2 Å². The molecule has 1 N–H and O–H groups in total. The second-order valence-electron chi connectivity index (χ2n) is 3.78. The summed E-state index contributed by atoms with van der Waals surface area (Å²) in [5.41, 5.74) is 0. The molecule has 0 saturated carbocycles. The topological polar surface area (TPSA) is 55.9 Å². The first-order valence-electron chi connectivity index (χ1n) is 5.38. The number of hydrogen-bond donors (Lipinski definition) is 1. The molecule has 16 heavy (non-hydrogen) atoms. The molecular formula is C11H16N4O. The van der Waals surface area contributed by atoms with E-state index in [1.54, 1.807) is 17.3 Å². The van der Waals surface area contributed by atoms with Crippen molar-refractivity contribution in [2.75, 3.05) is 6.54 Å². The highest BCUT2D eigenvalue weighted by atomic mass is 16.3. The number of nitrogens with zero attached hydrogens (tertiary/aromatic N) is 3. The lowest BCUT2D eigenvalue weighted by Gasteiger charge is -2.10. The van der Waals surface area contributed by atoms with Crippen molar-refractivity contribution in [1.82, 2.24) is 20.1 Å². The molecule has 5 nitrogen and oxygen atoms in total. The summed E-state index contributed by atoms with van der Waals surface area (Å²) in [5.74, 6) is 1.91. The van der Waals surface area contributed by atoms with Gasteiger partial charge in [0.15, 0.2) is 0 Å². The summed E-state index contributed by atoms with van der Waals surface area (Å²) in [6, 6.07) is 4.20. The monoisotopic (exact) mass is 220 g/mol. The van der Waals surface area contributed by atoms with Crippen LogP contribution in [-0.4, -0.2) is 21.3 Å². The Kier molecular flexibility index (Phi) is 3.36.